The number of hydrogen-bond acceptors (Lipinski definition) is 4. The summed E-state index contributed by atoms with van der Waals surface area (Å²) in [4.78, 5) is 45.7. The van der Waals surface area contributed by atoms with Gasteiger partial charge in [-0.05, 0) is 49.8 Å². The van der Waals surface area contributed by atoms with E-state index in [9.17, 15) is 14.4 Å². The van der Waals surface area contributed by atoms with E-state index in [4.69, 9.17) is 0 Å². The van der Waals surface area contributed by atoms with Gasteiger partial charge in [0.05, 0.1) is 0 Å². The highest BCUT2D eigenvalue weighted by Gasteiger charge is 2.33. The van der Waals surface area contributed by atoms with Gasteiger partial charge in [-0.3, -0.25) is 19.4 Å². The van der Waals surface area contributed by atoms with Crippen molar-refractivity contribution in [3.63, 3.8) is 0 Å². The third kappa shape index (κ3) is 5.09. The van der Waals surface area contributed by atoms with E-state index in [2.05, 4.69) is 4.98 Å². The minimum Gasteiger partial charge on any atom is -0.345 e. The molecular formula is C21H30N4O3. The van der Waals surface area contributed by atoms with Crippen LogP contribution in [-0.2, 0) is 20.8 Å². The Balaban J connectivity index is 1.42. The fourth-order valence-corrected chi connectivity index (χ4v) is 4.16. The highest BCUT2D eigenvalue weighted by atomic mass is 16.2. The van der Waals surface area contributed by atoms with Crippen LogP contribution in [-0.4, -0.2) is 77.7 Å². The van der Waals surface area contributed by atoms with Crippen LogP contribution in [0.5, 0.6) is 0 Å². The number of carbonyl (C=O) groups is 3. The van der Waals surface area contributed by atoms with Crippen molar-refractivity contribution in [3.05, 3.63) is 30.1 Å². The number of rotatable bonds is 6. The Morgan fingerprint density at radius 3 is 2.29 bits per heavy atom. The van der Waals surface area contributed by atoms with Gasteiger partial charge in [-0.25, -0.2) is 0 Å². The Morgan fingerprint density at radius 1 is 1.07 bits per heavy atom. The van der Waals surface area contributed by atoms with Crippen molar-refractivity contribution < 1.29 is 14.4 Å². The summed E-state index contributed by atoms with van der Waals surface area (Å²) >= 11 is 0. The first-order valence-corrected chi connectivity index (χ1v) is 10.2. The van der Waals surface area contributed by atoms with E-state index in [1.165, 1.54) is 5.56 Å². The molecule has 0 unspecified atom stereocenters. The molecule has 0 atom stereocenters. The highest BCUT2D eigenvalue weighted by Crippen LogP contribution is 2.31. The molecule has 1 aromatic heterocycles. The lowest BCUT2D eigenvalue weighted by Crippen LogP contribution is -2.50. The predicted molar refractivity (Wildman–Crippen MR) is 105 cm³/mol. The number of likely N-dealkylation sites (N-methyl/N-ethyl adjacent to an activating group) is 1. The fraction of sp³-hybridized carbons (Fsp3) is 0.619. The third-order valence-corrected chi connectivity index (χ3v) is 6.06. The fourth-order valence-electron chi connectivity index (χ4n) is 4.16. The molecular weight excluding hydrogens is 356 g/mol. The van der Waals surface area contributed by atoms with Crippen LogP contribution in [0.15, 0.2) is 24.5 Å². The molecule has 1 saturated heterocycles. The van der Waals surface area contributed by atoms with Crippen LogP contribution in [0.1, 0.15) is 31.2 Å². The van der Waals surface area contributed by atoms with Crippen molar-refractivity contribution in [2.24, 2.45) is 11.8 Å². The zero-order valence-corrected chi connectivity index (χ0v) is 16.6. The van der Waals surface area contributed by atoms with E-state index >= 15 is 0 Å². The number of aromatic nitrogens is 1. The minimum absolute atomic E-state index is 0.0222. The van der Waals surface area contributed by atoms with Crippen LogP contribution in [0.3, 0.4) is 0 Å². The second-order valence-electron chi connectivity index (χ2n) is 7.88. The highest BCUT2D eigenvalue weighted by molar-refractivity contribution is 5.81. The molecule has 1 saturated carbocycles. The van der Waals surface area contributed by atoms with Gasteiger partial charge in [0.25, 0.3) is 0 Å². The van der Waals surface area contributed by atoms with Crippen molar-refractivity contribution in [2.75, 3.05) is 39.8 Å². The third-order valence-electron chi connectivity index (χ3n) is 6.06. The van der Waals surface area contributed by atoms with Gasteiger partial charge in [0.1, 0.15) is 0 Å². The molecule has 2 heterocycles. The lowest BCUT2D eigenvalue weighted by atomic mass is 9.80. The molecule has 3 rings (SSSR count). The molecule has 28 heavy (non-hydrogen) atoms. The zero-order valence-electron chi connectivity index (χ0n) is 16.6. The summed E-state index contributed by atoms with van der Waals surface area (Å²) < 4.78 is 0. The summed E-state index contributed by atoms with van der Waals surface area (Å²) in [5.74, 6) is 0.439. The first-order chi connectivity index (χ1) is 13.6. The Labute approximate surface area is 166 Å². The van der Waals surface area contributed by atoms with Crippen LogP contribution < -0.4 is 0 Å². The Hall–Kier alpha value is -2.44. The molecule has 2 fully saturated rings. The van der Waals surface area contributed by atoms with Crippen LogP contribution >= 0.6 is 0 Å². The summed E-state index contributed by atoms with van der Waals surface area (Å²) in [6.45, 7) is 3.17. The molecule has 1 aromatic rings. The quantitative estimate of drug-likeness (QED) is 0.689. The predicted octanol–water partition coefficient (Wildman–Crippen LogP) is 1.19. The van der Waals surface area contributed by atoms with Crippen molar-refractivity contribution in [1.29, 1.82) is 0 Å². The van der Waals surface area contributed by atoms with Crippen molar-refractivity contribution in [3.8, 4) is 0 Å². The second kappa shape index (κ2) is 9.66. The average Bonchev–Trinajstić information content (AvgIpc) is 2.77. The zero-order chi connectivity index (χ0) is 19.9. The first-order valence-electron chi connectivity index (χ1n) is 10.2. The van der Waals surface area contributed by atoms with Gasteiger partial charge in [0.2, 0.25) is 18.2 Å². The van der Waals surface area contributed by atoms with E-state index < -0.39 is 0 Å². The number of amides is 3. The molecule has 0 spiro atoms. The standard InChI is InChI=1S/C21H30N4O3/c1-23(11-8-17-6-9-22-10-7-17)20(27)18-2-4-19(5-3-18)21(28)25-14-12-24(16-26)13-15-25/h6-7,9-10,16,18-19H,2-5,8,11-15H2,1H3. The summed E-state index contributed by atoms with van der Waals surface area (Å²) in [5.41, 5.74) is 1.18. The number of carbonyl (C=O) groups excluding carboxylic acids is 3. The SMILES string of the molecule is CN(CCc1ccncc1)C(=O)C1CCC(C(=O)N2CCN(C=O)CC2)CC1. The Kier molecular flexibility index (Phi) is 7.01. The van der Waals surface area contributed by atoms with Gasteiger partial charge in [0, 0.05) is 64.0 Å². The largest absolute Gasteiger partial charge is 0.345 e. The summed E-state index contributed by atoms with van der Waals surface area (Å²) in [7, 11) is 1.87. The minimum atomic E-state index is 0.0222. The maximum atomic E-state index is 12.7. The summed E-state index contributed by atoms with van der Waals surface area (Å²) in [5, 5.41) is 0. The molecule has 0 bridgehead atoms. The normalized spacial score (nSPS) is 22.6. The Bertz CT molecular complexity index is 665. The second-order valence-corrected chi connectivity index (χ2v) is 7.88. The maximum Gasteiger partial charge on any atom is 0.225 e. The van der Waals surface area contributed by atoms with Gasteiger partial charge >= 0.3 is 0 Å². The van der Waals surface area contributed by atoms with E-state index in [0.717, 1.165) is 38.5 Å². The molecule has 0 aromatic carbocycles. The van der Waals surface area contributed by atoms with E-state index in [0.29, 0.717) is 32.7 Å². The summed E-state index contributed by atoms with van der Waals surface area (Å²) in [6.07, 6.45) is 8.34. The van der Waals surface area contributed by atoms with Crippen molar-refractivity contribution >= 4 is 18.2 Å². The number of pyridine rings is 1. The number of hydrogen-bond donors (Lipinski definition) is 0. The topological polar surface area (TPSA) is 73.8 Å². The van der Waals surface area contributed by atoms with Gasteiger partial charge in [-0.1, -0.05) is 0 Å². The van der Waals surface area contributed by atoms with Gasteiger partial charge in [-0.2, -0.15) is 0 Å². The summed E-state index contributed by atoms with van der Waals surface area (Å²) in [6, 6.07) is 3.95. The van der Waals surface area contributed by atoms with Crippen LogP contribution in [0, 0.1) is 11.8 Å². The molecule has 0 radical (unpaired) electrons. The molecule has 3 amide bonds. The van der Waals surface area contributed by atoms with E-state index in [-0.39, 0.29) is 23.7 Å². The van der Waals surface area contributed by atoms with E-state index in [1.54, 1.807) is 17.3 Å². The van der Waals surface area contributed by atoms with E-state index in [1.807, 2.05) is 29.0 Å². The maximum absolute atomic E-state index is 12.7. The molecule has 2 aliphatic rings. The monoisotopic (exact) mass is 386 g/mol. The lowest BCUT2D eigenvalue weighted by Gasteiger charge is -2.37. The van der Waals surface area contributed by atoms with Crippen LogP contribution in [0.2, 0.25) is 0 Å². The molecule has 152 valence electrons. The molecule has 1 aliphatic carbocycles. The number of nitrogens with zero attached hydrogens (tertiary/aromatic N) is 4. The van der Waals surface area contributed by atoms with Gasteiger partial charge < -0.3 is 14.7 Å². The smallest absolute Gasteiger partial charge is 0.225 e. The van der Waals surface area contributed by atoms with Crippen LogP contribution in [0.25, 0.3) is 0 Å². The molecule has 7 heteroatoms. The lowest BCUT2D eigenvalue weighted by molar-refractivity contribution is -0.142. The molecule has 0 N–H and O–H groups in total. The molecule has 1 aliphatic heterocycles. The Morgan fingerprint density at radius 2 is 1.68 bits per heavy atom. The average molecular weight is 386 g/mol. The first kappa shape index (κ1) is 20.3. The van der Waals surface area contributed by atoms with Crippen molar-refractivity contribution in [2.45, 2.75) is 32.1 Å². The molecule has 7 nitrogen and oxygen atoms in total. The number of piperazine rings is 1. The van der Waals surface area contributed by atoms with Crippen LogP contribution in [0.4, 0.5) is 0 Å². The van der Waals surface area contributed by atoms with Crippen molar-refractivity contribution in [1.82, 2.24) is 19.7 Å². The van der Waals surface area contributed by atoms with Gasteiger partial charge in [0.15, 0.2) is 0 Å². The van der Waals surface area contributed by atoms with Gasteiger partial charge in [-0.15, -0.1) is 0 Å².